The number of anilines is 1. The molecule has 2 rings (SSSR count). The van der Waals surface area contributed by atoms with E-state index in [0.717, 1.165) is 31.6 Å². The SMILES string of the molecule is CCCCCCCCCCc1ccc(NC(=O)O[C@@H]2CCNC2)cc1.Cl. The minimum absolute atomic E-state index is 0. The number of carbonyl (C=O) groups is 1. The Morgan fingerprint density at radius 3 is 2.35 bits per heavy atom. The summed E-state index contributed by atoms with van der Waals surface area (Å²) in [5.41, 5.74) is 2.14. The van der Waals surface area contributed by atoms with Gasteiger partial charge in [0.05, 0.1) is 0 Å². The summed E-state index contributed by atoms with van der Waals surface area (Å²) in [6.45, 7) is 3.94. The van der Waals surface area contributed by atoms with Crippen molar-refractivity contribution in [3.63, 3.8) is 0 Å². The second kappa shape index (κ2) is 13.9. The van der Waals surface area contributed by atoms with Crippen molar-refractivity contribution in [3.8, 4) is 0 Å². The lowest BCUT2D eigenvalue weighted by Gasteiger charge is -2.12. The standard InChI is InChI=1S/C21H34N2O2.ClH/c1-2-3-4-5-6-7-8-9-10-18-11-13-19(14-12-18)23-21(24)25-20-15-16-22-17-20;/h11-14,20,22H,2-10,15-17H2,1H3,(H,23,24);1H/t20-;/m1./s1. The van der Waals surface area contributed by atoms with Gasteiger partial charge in [0, 0.05) is 12.2 Å². The number of hydrogen-bond donors (Lipinski definition) is 2. The highest BCUT2D eigenvalue weighted by Crippen LogP contribution is 2.15. The van der Waals surface area contributed by atoms with Crippen molar-refractivity contribution < 1.29 is 9.53 Å². The van der Waals surface area contributed by atoms with Crippen LogP contribution in [-0.4, -0.2) is 25.3 Å². The van der Waals surface area contributed by atoms with Crippen LogP contribution in [0.4, 0.5) is 10.5 Å². The first kappa shape index (κ1) is 22.8. The second-order valence-electron chi connectivity index (χ2n) is 7.07. The van der Waals surface area contributed by atoms with Gasteiger partial charge in [-0.25, -0.2) is 4.79 Å². The van der Waals surface area contributed by atoms with Crippen molar-refractivity contribution in [1.82, 2.24) is 5.32 Å². The number of aryl methyl sites for hydroxylation is 1. The zero-order valence-corrected chi connectivity index (χ0v) is 16.9. The van der Waals surface area contributed by atoms with E-state index in [4.69, 9.17) is 4.74 Å². The number of rotatable bonds is 11. The summed E-state index contributed by atoms with van der Waals surface area (Å²) in [5, 5.41) is 5.99. The average Bonchev–Trinajstić information content (AvgIpc) is 3.11. The van der Waals surface area contributed by atoms with E-state index in [-0.39, 0.29) is 24.6 Å². The van der Waals surface area contributed by atoms with Crippen molar-refractivity contribution >= 4 is 24.2 Å². The molecule has 0 unspecified atom stereocenters. The van der Waals surface area contributed by atoms with Gasteiger partial charge in [-0.3, -0.25) is 5.32 Å². The molecule has 0 spiro atoms. The molecule has 1 fully saturated rings. The number of benzene rings is 1. The van der Waals surface area contributed by atoms with E-state index in [1.54, 1.807) is 0 Å². The maximum absolute atomic E-state index is 11.8. The largest absolute Gasteiger partial charge is 0.445 e. The molecule has 4 nitrogen and oxygen atoms in total. The Labute approximate surface area is 164 Å². The van der Waals surface area contributed by atoms with Crippen molar-refractivity contribution in [2.24, 2.45) is 0 Å². The number of halogens is 1. The summed E-state index contributed by atoms with van der Waals surface area (Å²) in [7, 11) is 0. The lowest BCUT2D eigenvalue weighted by molar-refractivity contribution is 0.121. The van der Waals surface area contributed by atoms with Gasteiger partial charge in [-0.2, -0.15) is 0 Å². The van der Waals surface area contributed by atoms with Crippen molar-refractivity contribution in [2.75, 3.05) is 18.4 Å². The molecule has 148 valence electrons. The third-order valence-corrected chi connectivity index (χ3v) is 4.81. The molecule has 5 heteroatoms. The summed E-state index contributed by atoms with van der Waals surface area (Å²) in [4.78, 5) is 11.8. The van der Waals surface area contributed by atoms with Gasteiger partial charge in [0.25, 0.3) is 0 Å². The lowest BCUT2D eigenvalue weighted by Crippen LogP contribution is -2.24. The van der Waals surface area contributed by atoms with E-state index in [9.17, 15) is 4.79 Å². The van der Waals surface area contributed by atoms with Crippen LogP contribution in [-0.2, 0) is 11.2 Å². The molecule has 1 saturated heterocycles. The fourth-order valence-electron chi connectivity index (χ4n) is 3.25. The molecule has 1 aromatic rings. The molecule has 1 aliphatic heterocycles. The molecule has 0 radical (unpaired) electrons. The van der Waals surface area contributed by atoms with Crippen LogP contribution in [0.1, 0.15) is 70.3 Å². The second-order valence-corrected chi connectivity index (χ2v) is 7.07. The van der Waals surface area contributed by atoms with Gasteiger partial charge in [0.15, 0.2) is 0 Å². The zero-order chi connectivity index (χ0) is 17.7. The van der Waals surface area contributed by atoms with E-state index in [1.165, 1.54) is 56.9 Å². The molecule has 1 atom stereocenters. The van der Waals surface area contributed by atoms with Gasteiger partial charge in [-0.15, -0.1) is 12.4 Å². The van der Waals surface area contributed by atoms with Gasteiger partial charge in [0.2, 0.25) is 0 Å². The Balaban J connectivity index is 0.00000338. The minimum Gasteiger partial charge on any atom is -0.445 e. The number of carbonyl (C=O) groups excluding carboxylic acids is 1. The summed E-state index contributed by atoms with van der Waals surface area (Å²) in [5.74, 6) is 0. The highest BCUT2D eigenvalue weighted by atomic mass is 35.5. The first-order valence-electron chi connectivity index (χ1n) is 10.0. The van der Waals surface area contributed by atoms with Gasteiger partial charge in [0.1, 0.15) is 6.10 Å². The lowest BCUT2D eigenvalue weighted by atomic mass is 10.0. The topological polar surface area (TPSA) is 50.4 Å². The molecule has 26 heavy (non-hydrogen) atoms. The van der Waals surface area contributed by atoms with Crippen LogP contribution in [0.15, 0.2) is 24.3 Å². The first-order valence-corrected chi connectivity index (χ1v) is 10.0. The summed E-state index contributed by atoms with van der Waals surface area (Å²) in [6.07, 6.45) is 12.4. The van der Waals surface area contributed by atoms with Crippen LogP contribution in [0.2, 0.25) is 0 Å². The van der Waals surface area contributed by atoms with Crippen LogP contribution in [0, 0.1) is 0 Å². The molecule has 1 aromatic carbocycles. The van der Waals surface area contributed by atoms with Gasteiger partial charge >= 0.3 is 6.09 Å². The molecule has 1 aliphatic rings. The van der Waals surface area contributed by atoms with E-state index in [2.05, 4.69) is 29.7 Å². The summed E-state index contributed by atoms with van der Waals surface area (Å²) < 4.78 is 5.36. The van der Waals surface area contributed by atoms with Gasteiger partial charge in [-0.05, 0) is 43.5 Å². The van der Waals surface area contributed by atoms with Crippen molar-refractivity contribution in [2.45, 2.75) is 77.2 Å². The van der Waals surface area contributed by atoms with Crippen LogP contribution in [0.3, 0.4) is 0 Å². The molecule has 1 heterocycles. The maximum atomic E-state index is 11.8. The molecule has 0 aromatic heterocycles. The molecule has 0 bridgehead atoms. The summed E-state index contributed by atoms with van der Waals surface area (Å²) in [6, 6.07) is 8.14. The number of hydrogen-bond acceptors (Lipinski definition) is 3. The highest BCUT2D eigenvalue weighted by Gasteiger charge is 2.18. The third kappa shape index (κ3) is 9.44. The molecule has 0 aliphatic carbocycles. The predicted octanol–water partition coefficient (Wildman–Crippen LogP) is 5.70. The monoisotopic (exact) mass is 382 g/mol. The Bertz CT molecular complexity index is 487. The minimum atomic E-state index is -0.357. The molecular formula is C21H35ClN2O2. The van der Waals surface area contributed by atoms with E-state index in [1.807, 2.05) is 12.1 Å². The number of nitrogens with one attached hydrogen (secondary N) is 2. The fraction of sp³-hybridized carbons (Fsp3) is 0.667. The Kier molecular flexibility index (Phi) is 12.2. The third-order valence-electron chi connectivity index (χ3n) is 4.81. The number of ether oxygens (including phenoxy) is 1. The molecule has 1 amide bonds. The number of amides is 1. The smallest absolute Gasteiger partial charge is 0.411 e. The number of unbranched alkanes of at least 4 members (excludes halogenated alkanes) is 7. The van der Waals surface area contributed by atoms with Crippen molar-refractivity contribution in [1.29, 1.82) is 0 Å². The van der Waals surface area contributed by atoms with Crippen LogP contribution < -0.4 is 10.6 Å². The zero-order valence-electron chi connectivity index (χ0n) is 16.1. The van der Waals surface area contributed by atoms with Gasteiger partial charge in [-0.1, -0.05) is 64.0 Å². The van der Waals surface area contributed by atoms with Crippen LogP contribution in [0.5, 0.6) is 0 Å². The first-order chi connectivity index (χ1) is 12.3. The Morgan fingerprint density at radius 2 is 1.73 bits per heavy atom. The Morgan fingerprint density at radius 1 is 1.08 bits per heavy atom. The normalized spacial score (nSPS) is 16.1. The van der Waals surface area contributed by atoms with E-state index < -0.39 is 0 Å². The Hall–Kier alpha value is -1.26. The quantitative estimate of drug-likeness (QED) is 0.482. The van der Waals surface area contributed by atoms with Crippen LogP contribution >= 0.6 is 12.4 Å². The molecule has 2 N–H and O–H groups in total. The van der Waals surface area contributed by atoms with E-state index in [0.29, 0.717) is 0 Å². The maximum Gasteiger partial charge on any atom is 0.411 e. The molecular weight excluding hydrogens is 348 g/mol. The average molecular weight is 383 g/mol. The fourth-order valence-corrected chi connectivity index (χ4v) is 3.25. The van der Waals surface area contributed by atoms with Gasteiger partial charge < -0.3 is 10.1 Å². The van der Waals surface area contributed by atoms with Crippen molar-refractivity contribution in [3.05, 3.63) is 29.8 Å². The van der Waals surface area contributed by atoms with E-state index >= 15 is 0 Å². The summed E-state index contributed by atoms with van der Waals surface area (Å²) >= 11 is 0. The predicted molar refractivity (Wildman–Crippen MR) is 111 cm³/mol. The molecule has 0 saturated carbocycles. The highest BCUT2D eigenvalue weighted by molar-refractivity contribution is 5.85. The van der Waals surface area contributed by atoms with Crippen LogP contribution in [0.25, 0.3) is 0 Å².